The Hall–Kier alpha value is -0.760. The van der Waals surface area contributed by atoms with Crippen molar-refractivity contribution in [2.75, 3.05) is 7.11 Å². The average Bonchev–Trinajstić information content (AvgIpc) is 2.43. The molecule has 0 aliphatic carbocycles. The van der Waals surface area contributed by atoms with Crippen molar-refractivity contribution < 1.29 is 4.74 Å². The van der Waals surface area contributed by atoms with Crippen LogP contribution in [0, 0.1) is 5.41 Å². The highest BCUT2D eigenvalue weighted by molar-refractivity contribution is 6.29. The molecule has 0 amide bonds. The third kappa shape index (κ3) is 5.70. The van der Waals surface area contributed by atoms with Crippen molar-refractivity contribution in [3.63, 3.8) is 0 Å². The Morgan fingerprint density at radius 1 is 1.20 bits per heavy atom. The zero-order valence-corrected chi connectivity index (χ0v) is 14.1. The summed E-state index contributed by atoms with van der Waals surface area (Å²) in [4.78, 5) is 4.14. The largest absolute Gasteiger partial charge is 0.481 e. The fourth-order valence-corrected chi connectivity index (χ4v) is 2.81. The van der Waals surface area contributed by atoms with Crippen LogP contribution < -0.4 is 4.74 Å². The van der Waals surface area contributed by atoms with E-state index in [1.807, 2.05) is 12.1 Å². The third-order valence-corrected chi connectivity index (χ3v) is 4.35. The number of rotatable bonds is 9. The van der Waals surface area contributed by atoms with E-state index in [2.05, 4.69) is 25.8 Å². The first-order chi connectivity index (χ1) is 9.53. The van der Waals surface area contributed by atoms with Gasteiger partial charge in [-0.15, -0.1) is 0 Å². The molecule has 0 spiro atoms. The Kier molecular flexibility index (Phi) is 7.36. The summed E-state index contributed by atoms with van der Waals surface area (Å²) in [6.07, 6.45) is 8.77. The van der Waals surface area contributed by atoms with Crippen molar-refractivity contribution in [3.05, 3.63) is 22.8 Å². The second-order valence-corrected chi connectivity index (χ2v) is 6.38. The van der Waals surface area contributed by atoms with Gasteiger partial charge in [0.1, 0.15) is 5.15 Å². The molecule has 0 aromatic carbocycles. The number of methoxy groups -OCH3 is 1. The molecule has 0 aliphatic rings. The van der Waals surface area contributed by atoms with Crippen molar-refractivity contribution in [3.8, 4) is 5.88 Å². The molecular formula is C17H28ClNO. The number of nitrogens with zero attached hydrogens (tertiary/aromatic N) is 1. The van der Waals surface area contributed by atoms with Gasteiger partial charge in [0, 0.05) is 6.07 Å². The van der Waals surface area contributed by atoms with Gasteiger partial charge in [-0.1, -0.05) is 64.5 Å². The van der Waals surface area contributed by atoms with Crippen LogP contribution in [0.1, 0.15) is 64.9 Å². The lowest BCUT2D eigenvalue weighted by molar-refractivity contribution is 0.270. The predicted molar refractivity (Wildman–Crippen MR) is 86.7 cm³/mol. The molecule has 114 valence electrons. The maximum absolute atomic E-state index is 6.06. The van der Waals surface area contributed by atoms with Gasteiger partial charge >= 0.3 is 0 Å². The number of ether oxygens (including phenoxy) is 1. The van der Waals surface area contributed by atoms with Crippen molar-refractivity contribution in [1.82, 2.24) is 4.98 Å². The molecule has 1 aromatic rings. The van der Waals surface area contributed by atoms with Gasteiger partial charge in [0.05, 0.1) is 7.11 Å². The van der Waals surface area contributed by atoms with Crippen LogP contribution in [-0.4, -0.2) is 12.1 Å². The van der Waals surface area contributed by atoms with Crippen molar-refractivity contribution >= 4 is 11.6 Å². The molecule has 1 heterocycles. The van der Waals surface area contributed by atoms with Gasteiger partial charge < -0.3 is 4.74 Å². The van der Waals surface area contributed by atoms with Gasteiger partial charge in [0.2, 0.25) is 5.88 Å². The predicted octanol–water partition coefficient (Wildman–Crippen LogP) is 5.67. The molecule has 1 atom stereocenters. The van der Waals surface area contributed by atoms with Crippen LogP contribution in [0.15, 0.2) is 12.1 Å². The lowest BCUT2D eigenvalue weighted by Gasteiger charge is -2.28. The molecule has 0 radical (unpaired) electrons. The van der Waals surface area contributed by atoms with E-state index in [-0.39, 0.29) is 0 Å². The number of pyridine rings is 1. The smallest absolute Gasteiger partial charge is 0.214 e. The lowest BCUT2D eigenvalue weighted by Crippen LogP contribution is -2.18. The first kappa shape index (κ1) is 17.3. The summed E-state index contributed by atoms with van der Waals surface area (Å²) < 4.78 is 5.20. The SMILES string of the molecule is CCCCCCC(C)(CC)Cc1cc(Cl)nc(OC)c1. The van der Waals surface area contributed by atoms with Crippen LogP contribution in [0.2, 0.25) is 5.15 Å². The molecule has 0 saturated carbocycles. The minimum Gasteiger partial charge on any atom is -0.481 e. The Labute approximate surface area is 128 Å². The summed E-state index contributed by atoms with van der Waals surface area (Å²) in [5, 5.41) is 0.517. The Balaban J connectivity index is 2.68. The minimum atomic E-state index is 0.337. The van der Waals surface area contributed by atoms with Crippen molar-refractivity contribution in [2.45, 2.75) is 65.7 Å². The fraction of sp³-hybridized carbons (Fsp3) is 0.706. The van der Waals surface area contributed by atoms with Crippen molar-refractivity contribution in [2.24, 2.45) is 5.41 Å². The normalized spacial score (nSPS) is 14.1. The molecule has 0 fully saturated rings. The summed E-state index contributed by atoms with van der Waals surface area (Å²) >= 11 is 6.06. The molecule has 20 heavy (non-hydrogen) atoms. The molecule has 1 aromatic heterocycles. The molecule has 3 heteroatoms. The molecule has 1 unspecified atom stereocenters. The van der Waals surface area contributed by atoms with Gasteiger partial charge in [-0.2, -0.15) is 0 Å². The molecule has 0 saturated heterocycles. The van der Waals surface area contributed by atoms with Gasteiger partial charge in [-0.3, -0.25) is 0 Å². The monoisotopic (exact) mass is 297 g/mol. The lowest BCUT2D eigenvalue weighted by atomic mass is 9.77. The Bertz CT molecular complexity index is 408. The van der Waals surface area contributed by atoms with Gasteiger partial charge in [0.25, 0.3) is 0 Å². The van der Waals surface area contributed by atoms with Crippen LogP contribution >= 0.6 is 11.6 Å². The van der Waals surface area contributed by atoms with E-state index in [9.17, 15) is 0 Å². The maximum Gasteiger partial charge on any atom is 0.214 e. The van der Waals surface area contributed by atoms with Crippen molar-refractivity contribution in [1.29, 1.82) is 0 Å². The van der Waals surface area contributed by atoms with Gasteiger partial charge in [-0.05, 0) is 29.9 Å². The Morgan fingerprint density at radius 2 is 1.95 bits per heavy atom. The molecule has 0 aliphatic heterocycles. The molecule has 1 rings (SSSR count). The quantitative estimate of drug-likeness (QED) is 0.432. The Morgan fingerprint density at radius 3 is 2.55 bits per heavy atom. The number of aromatic nitrogens is 1. The van der Waals surface area contributed by atoms with Gasteiger partial charge in [0.15, 0.2) is 0 Å². The van der Waals surface area contributed by atoms with Crippen LogP contribution in [0.3, 0.4) is 0 Å². The van der Waals surface area contributed by atoms with Gasteiger partial charge in [-0.25, -0.2) is 4.98 Å². The summed E-state index contributed by atoms with van der Waals surface area (Å²) in [5.41, 5.74) is 1.56. The van der Waals surface area contributed by atoms with E-state index >= 15 is 0 Å². The first-order valence-electron chi connectivity index (χ1n) is 7.73. The second kappa shape index (κ2) is 8.51. The number of hydrogen-bond acceptors (Lipinski definition) is 2. The topological polar surface area (TPSA) is 22.1 Å². The van der Waals surface area contributed by atoms with E-state index in [1.54, 1.807) is 7.11 Å². The van der Waals surface area contributed by atoms with Crippen LogP contribution in [0.4, 0.5) is 0 Å². The highest BCUT2D eigenvalue weighted by Crippen LogP contribution is 2.34. The second-order valence-electron chi connectivity index (χ2n) is 5.99. The summed E-state index contributed by atoms with van der Waals surface area (Å²) in [5.74, 6) is 0.608. The number of unbranched alkanes of at least 4 members (excludes halogenated alkanes) is 3. The molecule has 0 bridgehead atoms. The van der Waals surface area contributed by atoms with E-state index < -0.39 is 0 Å². The molecule has 0 N–H and O–H groups in total. The highest BCUT2D eigenvalue weighted by Gasteiger charge is 2.22. The summed E-state index contributed by atoms with van der Waals surface area (Å²) in [6, 6.07) is 3.97. The van der Waals surface area contributed by atoms with E-state index in [0.717, 1.165) is 6.42 Å². The third-order valence-electron chi connectivity index (χ3n) is 4.16. The zero-order chi connectivity index (χ0) is 15.0. The fourth-order valence-electron chi connectivity index (χ4n) is 2.59. The molecule has 2 nitrogen and oxygen atoms in total. The zero-order valence-electron chi connectivity index (χ0n) is 13.3. The highest BCUT2D eigenvalue weighted by atomic mass is 35.5. The first-order valence-corrected chi connectivity index (χ1v) is 8.11. The average molecular weight is 298 g/mol. The van der Waals surface area contributed by atoms with E-state index in [4.69, 9.17) is 16.3 Å². The van der Waals surface area contributed by atoms with Crippen LogP contribution in [-0.2, 0) is 6.42 Å². The van der Waals surface area contributed by atoms with Crippen LogP contribution in [0.5, 0.6) is 5.88 Å². The van der Waals surface area contributed by atoms with E-state index in [0.29, 0.717) is 16.4 Å². The van der Waals surface area contributed by atoms with E-state index in [1.165, 1.54) is 44.1 Å². The summed E-state index contributed by atoms with van der Waals surface area (Å²) in [7, 11) is 1.63. The number of halogens is 1. The maximum atomic E-state index is 6.06. The number of hydrogen-bond donors (Lipinski definition) is 0. The standard InChI is InChI=1S/C17H28ClNO/c1-5-7-8-9-10-17(3,6-2)13-14-11-15(18)19-16(12-14)20-4/h11-12H,5-10,13H2,1-4H3. The minimum absolute atomic E-state index is 0.337. The summed E-state index contributed by atoms with van der Waals surface area (Å²) in [6.45, 7) is 6.91. The molecular weight excluding hydrogens is 270 g/mol. The van der Waals surface area contributed by atoms with Crippen LogP contribution in [0.25, 0.3) is 0 Å².